The van der Waals surface area contributed by atoms with Gasteiger partial charge in [-0.3, -0.25) is 4.90 Å². The summed E-state index contributed by atoms with van der Waals surface area (Å²) in [7, 11) is 1.76. The maximum absolute atomic E-state index is 5.08. The van der Waals surface area contributed by atoms with Gasteiger partial charge >= 0.3 is 0 Å². The normalized spacial score (nSPS) is 20.8. The van der Waals surface area contributed by atoms with E-state index in [1.807, 2.05) is 0 Å². The van der Waals surface area contributed by atoms with Crippen LogP contribution in [0.15, 0.2) is 0 Å². The summed E-state index contributed by atoms with van der Waals surface area (Å²) >= 11 is 0. The third-order valence-corrected chi connectivity index (χ3v) is 2.48. The summed E-state index contributed by atoms with van der Waals surface area (Å²) in [6, 6.07) is 0. The monoisotopic (exact) mass is 215 g/mol. The average Bonchev–Trinajstić information content (AvgIpc) is 2.14. The number of ether oxygens (including phenoxy) is 1. The van der Waals surface area contributed by atoms with Gasteiger partial charge in [0.15, 0.2) is 0 Å². The van der Waals surface area contributed by atoms with Gasteiger partial charge in [-0.2, -0.15) is 0 Å². The number of methoxy groups -OCH3 is 1. The van der Waals surface area contributed by atoms with Crippen molar-refractivity contribution in [2.24, 2.45) is 0 Å². The van der Waals surface area contributed by atoms with Gasteiger partial charge in [0.25, 0.3) is 0 Å². The van der Waals surface area contributed by atoms with Crippen LogP contribution in [0.5, 0.6) is 0 Å². The molecular weight excluding hydrogens is 190 g/mol. The molecule has 0 radical (unpaired) electrons. The molecule has 4 heteroatoms. The first-order chi connectivity index (χ1) is 7.01. The standard InChI is InChI=1S/C11H25N3O/c1-11(2,3)12-14-7-5-13(6-8-14)9-10-15-4/h12H,5-10H2,1-4H3. The van der Waals surface area contributed by atoms with E-state index in [4.69, 9.17) is 4.74 Å². The molecule has 0 aromatic carbocycles. The predicted molar refractivity (Wildman–Crippen MR) is 62.8 cm³/mol. The fourth-order valence-electron chi connectivity index (χ4n) is 1.78. The Morgan fingerprint density at radius 2 is 1.73 bits per heavy atom. The molecule has 1 aliphatic rings. The molecule has 4 nitrogen and oxygen atoms in total. The van der Waals surface area contributed by atoms with Crippen LogP contribution in [-0.2, 0) is 4.74 Å². The molecule has 0 atom stereocenters. The topological polar surface area (TPSA) is 27.7 Å². The Morgan fingerprint density at radius 3 is 2.20 bits per heavy atom. The van der Waals surface area contributed by atoms with E-state index in [1.165, 1.54) is 0 Å². The molecule has 0 aromatic rings. The highest BCUT2D eigenvalue weighted by atomic mass is 16.5. The number of hydrazine groups is 1. The van der Waals surface area contributed by atoms with Gasteiger partial charge in [0, 0.05) is 45.4 Å². The number of nitrogens with zero attached hydrogens (tertiary/aromatic N) is 2. The van der Waals surface area contributed by atoms with E-state index in [9.17, 15) is 0 Å². The summed E-state index contributed by atoms with van der Waals surface area (Å²) in [5.41, 5.74) is 3.69. The summed E-state index contributed by atoms with van der Waals surface area (Å²) < 4.78 is 5.08. The lowest BCUT2D eigenvalue weighted by Crippen LogP contribution is -2.57. The molecule has 1 heterocycles. The van der Waals surface area contributed by atoms with Gasteiger partial charge in [-0.15, -0.1) is 0 Å². The van der Waals surface area contributed by atoms with E-state index in [1.54, 1.807) is 7.11 Å². The number of piperazine rings is 1. The van der Waals surface area contributed by atoms with Crippen LogP contribution < -0.4 is 5.43 Å². The molecule has 1 rings (SSSR count). The minimum atomic E-state index is 0.175. The molecule has 0 aromatic heterocycles. The van der Waals surface area contributed by atoms with E-state index in [0.29, 0.717) is 0 Å². The van der Waals surface area contributed by atoms with Crippen molar-refractivity contribution in [2.45, 2.75) is 26.3 Å². The quantitative estimate of drug-likeness (QED) is 0.741. The summed E-state index contributed by atoms with van der Waals surface area (Å²) in [6.45, 7) is 13.0. The zero-order chi connectivity index (χ0) is 11.3. The van der Waals surface area contributed by atoms with E-state index in [0.717, 1.165) is 39.3 Å². The van der Waals surface area contributed by atoms with Crippen LogP contribution in [0.25, 0.3) is 0 Å². The van der Waals surface area contributed by atoms with Crippen LogP contribution in [0.3, 0.4) is 0 Å². The molecule has 90 valence electrons. The lowest BCUT2D eigenvalue weighted by Gasteiger charge is -2.38. The van der Waals surface area contributed by atoms with Gasteiger partial charge < -0.3 is 4.74 Å². The van der Waals surface area contributed by atoms with Crippen LogP contribution in [0, 0.1) is 0 Å². The second-order valence-electron chi connectivity index (χ2n) is 5.18. The first kappa shape index (κ1) is 12.9. The van der Waals surface area contributed by atoms with Crippen LogP contribution in [0.1, 0.15) is 20.8 Å². The molecule has 0 aliphatic carbocycles. The van der Waals surface area contributed by atoms with Gasteiger partial charge in [0.05, 0.1) is 6.61 Å². The van der Waals surface area contributed by atoms with Crippen molar-refractivity contribution < 1.29 is 4.74 Å². The maximum Gasteiger partial charge on any atom is 0.0589 e. The van der Waals surface area contributed by atoms with Crippen molar-refractivity contribution in [1.82, 2.24) is 15.3 Å². The molecule has 0 unspecified atom stereocenters. The molecule has 0 saturated carbocycles. The third kappa shape index (κ3) is 5.47. The Kier molecular flexibility index (Phi) is 4.99. The van der Waals surface area contributed by atoms with Crippen molar-refractivity contribution in [2.75, 3.05) is 46.4 Å². The lowest BCUT2D eigenvalue weighted by molar-refractivity contribution is 0.0469. The van der Waals surface area contributed by atoms with E-state index < -0.39 is 0 Å². The highest BCUT2D eigenvalue weighted by Crippen LogP contribution is 2.04. The smallest absolute Gasteiger partial charge is 0.0589 e. The minimum absolute atomic E-state index is 0.175. The van der Waals surface area contributed by atoms with Crippen molar-refractivity contribution in [1.29, 1.82) is 0 Å². The van der Waals surface area contributed by atoms with Crippen LogP contribution in [-0.4, -0.2) is 61.9 Å². The van der Waals surface area contributed by atoms with Gasteiger partial charge in [0.2, 0.25) is 0 Å². The second kappa shape index (κ2) is 5.80. The van der Waals surface area contributed by atoms with Gasteiger partial charge in [-0.25, -0.2) is 10.4 Å². The zero-order valence-electron chi connectivity index (χ0n) is 10.5. The Labute approximate surface area is 93.5 Å². The largest absolute Gasteiger partial charge is 0.383 e. The number of rotatable bonds is 4. The summed E-state index contributed by atoms with van der Waals surface area (Å²) in [6.07, 6.45) is 0. The third-order valence-electron chi connectivity index (χ3n) is 2.48. The Hall–Kier alpha value is -0.160. The molecule has 1 fully saturated rings. The summed E-state index contributed by atoms with van der Waals surface area (Å²) in [4.78, 5) is 2.45. The first-order valence-electron chi connectivity index (χ1n) is 5.75. The van der Waals surface area contributed by atoms with E-state index in [2.05, 4.69) is 36.1 Å². The second-order valence-corrected chi connectivity index (χ2v) is 5.18. The maximum atomic E-state index is 5.08. The van der Waals surface area contributed by atoms with E-state index >= 15 is 0 Å². The van der Waals surface area contributed by atoms with Gasteiger partial charge in [-0.1, -0.05) is 0 Å². The van der Waals surface area contributed by atoms with Crippen LogP contribution in [0.4, 0.5) is 0 Å². The zero-order valence-corrected chi connectivity index (χ0v) is 10.5. The summed E-state index contributed by atoms with van der Waals surface area (Å²) in [5, 5.41) is 2.32. The first-order valence-corrected chi connectivity index (χ1v) is 5.75. The van der Waals surface area contributed by atoms with Crippen molar-refractivity contribution in [3.8, 4) is 0 Å². The summed E-state index contributed by atoms with van der Waals surface area (Å²) in [5.74, 6) is 0. The van der Waals surface area contributed by atoms with Crippen molar-refractivity contribution >= 4 is 0 Å². The molecule has 1 aliphatic heterocycles. The molecule has 0 amide bonds. The van der Waals surface area contributed by atoms with Crippen LogP contribution >= 0.6 is 0 Å². The van der Waals surface area contributed by atoms with Crippen molar-refractivity contribution in [3.05, 3.63) is 0 Å². The molecule has 1 saturated heterocycles. The Morgan fingerprint density at radius 1 is 1.13 bits per heavy atom. The molecular formula is C11H25N3O. The van der Waals surface area contributed by atoms with Gasteiger partial charge in [-0.05, 0) is 20.8 Å². The Balaban J connectivity index is 2.18. The Bertz CT molecular complexity index is 171. The van der Waals surface area contributed by atoms with Crippen LogP contribution in [0.2, 0.25) is 0 Å². The highest BCUT2D eigenvalue weighted by Gasteiger charge is 2.20. The highest BCUT2D eigenvalue weighted by molar-refractivity contribution is 4.74. The van der Waals surface area contributed by atoms with E-state index in [-0.39, 0.29) is 5.54 Å². The SMILES string of the molecule is COCCN1CCN(NC(C)(C)C)CC1. The average molecular weight is 215 g/mol. The fraction of sp³-hybridized carbons (Fsp3) is 1.00. The molecule has 15 heavy (non-hydrogen) atoms. The lowest BCUT2D eigenvalue weighted by atomic mass is 10.1. The van der Waals surface area contributed by atoms with Gasteiger partial charge in [0.1, 0.15) is 0 Å². The number of hydrogen-bond acceptors (Lipinski definition) is 4. The number of nitrogens with one attached hydrogen (secondary N) is 1. The fourth-order valence-corrected chi connectivity index (χ4v) is 1.78. The minimum Gasteiger partial charge on any atom is -0.383 e. The van der Waals surface area contributed by atoms with Crippen molar-refractivity contribution in [3.63, 3.8) is 0 Å². The molecule has 1 N–H and O–H groups in total. The molecule has 0 spiro atoms. The molecule has 0 bridgehead atoms. The number of hydrogen-bond donors (Lipinski definition) is 1. The predicted octanol–water partition coefficient (Wildman–Crippen LogP) is 0.554.